The van der Waals surface area contributed by atoms with Crippen LogP contribution in [0, 0.1) is 13.8 Å². The zero-order valence-electron chi connectivity index (χ0n) is 14.3. The van der Waals surface area contributed by atoms with Crippen molar-refractivity contribution in [1.29, 1.82) is 0 Å². The maximum Gasteiger partial charge on any atom is 0.282 e. The number of fused-ring (bicyclic) bond motifs is 1. The number of nitrogens with zero attached hydrogens (tertiary/aromatic N) is 2. The molecule has 1 unspecified atom stereocenters. The van der Waals surface area contributed by atoms with Gasteiger partial charge in [0.25, 0.3) is 5.91 Å². The fraction of sp³-hybridized carbons (Fsp3) is 0.444. The molecule has 0 saturated heterocycles. The maximum absolute atomic E-state index is 12.7. The molecule has 23 heavy (non-hydrogen) atoms. The molecule has 0 fully saturated rings. The second kappa shape index (κ2) is 6.16. The fourth-order valence-electron chi connectivity index (χ4n) is 3.34. The Morgan fingerprint density at radius 2 is 2.00 bits per heavy atom. The van der Waals surface area contributed by atoms with Crippen molar-refractivity contribution in [2.45, 2.75) is 39.8 Å². The lowest BCUT2D eigenvalue weighted by Gasteiger charge is -2.30. The molecule has 5 heteroatoms. The van der Waals surface area contributed by atoms with Gasteiger partial charge in [-0.05, 0) is 26.3 Å². The van der Waals surface area contributed by atoms with Crippen molar-refractivity contribution in [2.24, 2.45) is 7.05 Å². The van der Waals surface area contributed by atoms with Crippen LogP contribution in [0.4, 0.5) is 5.69 Å². The highest BCUT2D eigenvalue weighted by molar-refractivity contribution is 5.94. The third-order valence-corrected chi connectivity index (χ3v) is 5.01. The van der Waals surface area contributed by atoms with E-state index >= 15 is 0 Å². The number of benzene rings is 1. The molecule has 1 aliphatic rings. The molecule has 1 aromatic carbocycles. The molecule has 0 radical (unpaired) electrons. The van der Waals surface area contributed by atoms with Crippen molar-refractivity contribution in [1.82, 2.24) is 9.78 Å². The minimum atomic E-state index is -0.0811. The summed E-state index contributed by atoms with van der Waals surface area (Å²) in [4.78, 5) is 14.0. The average Bonchev–Trinajstić information content (AvgIpc) is 2.80. The van der Waals surface area contributed by atoms with Crippen molar-refractivity contribution in [3.05, 3.63) is 46.8 Å². The van der Waals surface area contributed by atoms with Crippen LogP contribution in [0.1, 0.15) is 29.4 Å². The first-order chi connectivity index (χ1) is 11.0. The number of aryl methyl sites for hydroxylation is 2. The summed E-state index contributed by atoms with van der Waals surface area (Å²) >= 11 is 0. The predicted octanol–water partition coefficient (Wildman–Crippen LogP) is 1.01. The summed E-state index contributed by atoms with van der Waals surface area (Å²) in [6, 6.07) is 8.46. The summed E-state index contributed by atoms with van der Waals surface area (Å²) in [5.41, 5.74) is 5.48. The Balaban J connectivity index is 1.71. The highest BCUT2D eigenvalue weighted by Gasteiger charge is 2.29. The largest absolute Gasteiger partial charge is 0.321 e. The highest BCUT2D eigenvalue weighted by Crippen LogP contribution is 2.18. The van der Waals surface area contributed by atoms with Gasteiger partial charge >= 0.3 is 0 Å². The van der Waals surface area contributed by atoms with E-state index in [1.165, 1.54) is 16.0 Å². The van der Waals surface area contributed by atoms with Gasteiger partial charge in [-0.25, -0.2) is 0 Å². The van der Waals surface area contributed by atoms with E-state index in [-0.39, 0.29) is 11.9 Å². The van der Waals surface area contributed by atoms with Gasteiger partial charge in [-0.2, -0.15) is 5.10 Å². The van der Waals surface area contributed by atoms with Crippen LogP contribution in [0.25, 0.3) is 0 Å². The third kappa shape index (κ3) is 3.01. The van der Waals surface area contributed by atoms with E-state index in [1.807, 2.05) is 27.8 Å². The van der Waals surface area contributed by atoms with Crippen LogP contribution in [-0.2, 0) is 24.8 Å². The van der Waals surface area contributed by atoms with Crippen LogP contribution in [0.15, 0.2) is 24.3 Å². The number of aromatic nitrogens is 2. The first-order valence-electron chi connectivity index (χ1n) is 8.19. The summed E-state index contributed by atoms with van der Waals surface area (Å²) in [6.45, 7) is 7.83. The summed E-state index contributed by atoms with van der Waals surface area (Å²) < 4.78 is 1.81. The van der Waals surface area contributed by atoms with Gasteiger partial charge in [0.15, 0.2) is 6.04 Å². The van der Waals surface area contributed by atoms with E-state index in [0.29, 0.717) is 0 Å². The number of amides is 1. The Morgan fingerprint density at radius 3 is 2.65 bits per heavy atom. The molecule has 0 saturated carbocycles. The van der Waals surface area contributed by atoms with Crippen molar-refractivity contribution >= 4 is 11.6 Å². The Hall–Kier alpha value is -2.14. The SMILES string of the molecule is Cc1nn(C)c(C)c1NC(=O)[C@@H](C)[NH+]1CCc2ccccc2C1. The molecule has 2 heterocycles. The Bertz CT molecular complexity index is 735. The molecular formula is C18H25N4O+. The normalized spacial score (nSPS) is 18.3. The molecular weight excluding hydrogens is 288 g/mol. The first kappa shape index (κ1) is 15.7. The minimum absolute atomic E-state index is 0.0681. The molecule has 2 atom stereocenters. The number of nitrogens with one attached hydrogen (secondary N) is 2. The second-order valence-electron chi connectivity index (χ2n) is 6.48. The average molecular weight is 313 g/mol. The first-order valence-corrected chi connectivity index (χ1v) is 8.19. The van der Waals surface area contributed by atoms with Crippen molar-refractivity contribution < 1.29 is 9.69 Å². The van der Waals surface area contributed by atoms with Crippen LogP contribution in [0.3, 0.4) is 0 Å². The second-order valence-corrected chi connectivity index (χ2v) is 6.48. The number of rotatable bonds is 3. The van der Waals surface area contributed by atoms with Crippen LogP contribution in [0.5, 0.6) is 0 Å². The molecule has 1 aliphatic heterocycles. The zero-order chi connectivity index (χ0) is 16.6. The van der Waals surface area contributed by atoms with Crippen molar-refractivity contribution in [3.8, 4) is 0 Å². The Kier molecular flexibility index (Phi) is 4.22. The molecule has 0 bridgehead atoms. The molecule has 2 N–H and O–H groups in total. The number of hydrogen-bond acceptors (Lipinski definition) is 2. The number of anilines is 1. The summed E-state index contributed by atoms with van der Waals surface area (Å²) in [7, 11) is 1.90. The Labute approximate surface area is 137 Å². The predicted molar refractivity (Wildman–Crippen MR) is 90.5 cm³/mol. The van der Waals surface area contributed by atoms with Gasteiger partial charge in [-0.15, -0.1) is 0 Å². The van der Waals surface area contributed by atoms with E-state index < -0.39 is 0 Å². The van der Waals surface area contributed by atoms with E-state index in [2.05, 4.69) is 34.7 Å². The van der Waals surface area contributed by atoms with Gasteiger partial charge in [0.05, 0.1) is 23.6 Å². The summed E-state index contributed by atoms with van der Waals surface area (Å²) in [6.07, 6.45) is 1.04. The lowest BCUT2D eigenvalue weighted by molar-refractivity contribution is -0.929. The fourth-order valence-corrected chi connectivity index (χ4v) is 3.34. The molecule has 0 aliphatic carbocycles. The number of carbonyl (C=O) groups excluding carboxylic acids is 1. The number of carbonyl (C=O) groups is 1. The lowest BCUT2D eigenvalue weighted by atomic mass is 9.99. The van der Waals surface area contributed by atoms with E-state index in [1.54, 1.807) is 4.68 Å². The number of quaternary nitrogens is 1. The molecule has 122 valence electrons. The van der Waals surface area contributed by atoms with Gasteiger partial charge in [-0.3, -0.25) is 9.48 Å². The van der Waals surface area contributed by atoms with Gasteiger partial charge in [0.1, 0.15) is 6.54 Å². The van der Waals surface area contributed by atoms with Crippen molar-refractivity contribution in [2.75, 3.05) is 11.9 Å². The minimum Gasteiger partial charge on any atom is -0.321 e. The zero-order valence-corrected chi connectivity index (χ0v) is 14.3. The summed E-state index contributed by atoms with van der Waals surface area (Å²) in [5.74, 6) is 0.0681. The van der Waals surface area contributed by atoms with Crippen molar-refractivity contribution in [3.63, 3.8) is 0 Å². The third-order valence-electron chi connectivity index (χ3n) is 5.01. The lowest BCUT2D eigenvalue weighted by Crippen LogP contribution is -3.16. The molecule has 1 amide bonds. The van der Waals surface area contributed by atoms with Gasteiger partial charge in [0, 0.05) is 19.0 Å². The molecule has 2 aromatic rings. The monoisotopic (exact) mass is 313 g/mol. The van der Waals surface area contributed by atoms with Gasteiger partial charge in [-0.1, -0.05) is 24.3 Å². The quantitative estimate of drug-likeness (QED) is 0.888. The summed E-state index contributed by atoms with van der Waals surface area (Å²) in [5, 5.41) is 7.44. The number of hydrogen-bond donors (Lipinski definition) is 2. The highest BCUT2D eigenvalue weighted by atomic mass is 16.2. The van der Waals surface area contributed by atoms with E-state index in [4.69, 9.17) is 0 Å². The van der Waals surface area contributed by atoms with E-state index in [9.17, 15) is 4.79 Å². The van der Waals surface area contributed by atoms with Crippen LogP contribution >= 0.6 is 0 Å². The molecule has 5 nitrogen and oxygen atoms in total. The Morgan fingerprint density at radius 1 is 1.30 bits per heavy atom. The molecule has 1 aromatic heterocycles. The van der Waals surface area contributed by atoms with Crippen LogP contribution < -0.4 is 10.2 Å². The van der Waals surface area contributed by atoms with Crippen LogP contribution in [-0.4, -0.2) is 28.3 Å². The van der Waals surface area contributed by atoms with Gasteiger partial charge < -0.3 is 10.2 Å². The maximum atomic E-state index is 12.7. The smallest absolute Gasteiger partial charge is 0.282 e. The van der Waals surface area contributed by atoms with Gasteiger partial charge in [0.2, 0.25) is 0 Å². The molecule has 3 rings (SSSR count). The van der Waals surface area contributed by atoms with Crippen LogP contribution in [0.2, 0.25) is 0 Å². The standard InChI is InChI=1S/C18H24N4O/c1-12-17(13(2)21(4)20-12)19-18(23)14(3)22-10-9-15-7-5-6-8-16(15)11-22/h5-8,14H,9-11H2,1-4H3,(H,19,23)/p+1/t14-/m1/s1. The topological polar surface area (TPSA) is 51.4 Å². The van der Waals surface area contributed by atoms with E-state index in [0.717, 1.165) is 36.6 Å². The molecule has 0 spiro atoms.